The third-order valence-corrected chi connectivity index (χ3v) is 12.2. The van der Waals surface area contributed by atoms with Gasteiger partial charge in [-0.15, -0.1) is 0 Å². The van der Waals surface area contributed by atoms with Gasteiger partial charge in [0.2, 0.25) is 0 Å². The van der Waals surface area contributed by atoms with E-state index in [2.05, 4.69) is 231 Å². The minimum Gasteiger partial charge on any atom is -0.228 e. The van der Waals surface area contributed by atoms with E-state index < -0.39 is 5.41 Å². The van der Waals surface area contributed by atoms with Crippen LogP contribution < -0.4 is 0 Å². The smallest absolute Gasteiger partial charge is 0.160 e. The predicted molar refractivity (Wildman–Crippen MR) is 252 cm³/mol. The van der Waals surface area contributed by atoms with Crippen LogP contribution in [0.15, 0.2) is 243 Å². The molecule has 0 radical (unpaired) electrons. The molecule has 0 bridgehead atoms. The first-order chi connectivity index (χ1) is 30.2. The third-order valence-electron chi connectivity index (χ3n) is 12.2. The highest BCUT2D eigenvalue weighted by molar-refractivity contribution is 5.95. The Morgan fingerprint density at radius 3 is 1.16 bits per heavy atom. The molecule has 0 atom stereocenters. The van der Waals surface area contributed by atoms with Crippen molar-refractivity contribution in [3.63, 3.8) is 0 Å². The number of nitrogens with zero attached hydrogens (tertiary/aromatic N) is 2. The fourth-order valence-corrected chi connectivity index (χ4v) is 9.33. The summed E-state index contributed by atoms with van der Waals surface area (Å²) >= 11 is 0. The zero-order chi connectivity index (χ0) is 40.6. The number of benzene rings is 9. The van der Waals surface area contributed by atoms with Crippen molar-refractivity contribution in [2.75, 3.05) is 0 Å². The van der Waals surface area contributed by atoms with E-state index in [0.717, 1.165) is 33.6 Å². The molecule has 0 fully saturated rings. The quantitative estimate of drug-likeness (QED) is 0.154. The Labute approximate surface area is 357 Å². The van der Waals surface area contributed by atoms with Crippen molar-refractivity contribution in [2.24, 2.45) is 0 Å². The number of rotatable bonds is 8. The lowest BCUT2D eigenvalue weighted by Gasteiger charge is -2.34. The van der Waals surface area contributed by atoms with Crippen LogP contribution in [0.3, 0.4) is 0 Å². The molecule has 0 aliphatic heterocycles. The Balaban J connectivity index is 1.12. The molecule has 0 unspecified atom stereocenters. The van der Waals surface area contributed by atoms with Crippen LogP contribution in [0.4, 0.5) is 0 Å². The summed E-state index contributed by atoms with van der Waals surface area (Å²) in [5, 5.41) is 0. The van der Waals surface area contributed by atoms with Crippen LogP contribution in [0.2, 0.25) is 0 Å². The highest BCUT2D eigenvalue weighted by Gasteiger charge is 2.46. The van der Waals surface area contributed by atoms with E-state index >= 15 is 0 Å². The van der Waals surface area contributed by atoms with Crippen LogP contribution in [0.25, 0.3) is 78.4 Å². The molecule has 0 N–H and O–H groups in total. The topological polar surface area (TPSA) is 25.8 Å². The van der Waals surface area contributed by atoms with Gasteiger partial charge < -0.3 is 0 Å². The van der Waals surface area contributed by atoms with E-state index in [0.29, 0.717) is 5.82 Å². The van der Waals surface area contributed by atoms with Gasteiger partial charge in [0.05, 0.1) is 16.8 Å². The summed E-state index contributed by atoms with van der Waals surface area (Å²) in [4.78, 5) is 10.3. The van der Waals surface area contributed by atoms with E-state index in [-0.39, 0.29) is 0 Å². The van der Waals surface area contributed by atoms with Crippen molar-refractivity contribution >= 4 is 0 Å². The largest absolute Gasteiger partial charge is 0.228 e. The van der Waals surface area contributed by atoms with Gasteiger partial charge in [-0.2, -0.15) is 0 Å². The normalized spacial score (nSPS) is 12.4. The fraction of sp³-hybridized carbons (Fsp3) is 0.0169. The lowest BCUT2D eigenvalue weighted by Crippen LogP contribution is -2.28. The molecule has 1 heterocycles. The zero-order valence-corrected chi connectivity index (χ0v) is 33.5. The van der Waals surface area contributed by atoms with Crippen LogP contribution in [-0.4, -0.2) is 9.97 Å². The van der Waals surface area contributed by atoms with E-state index in [1.807, 2.05) is 12.1 Å². The summed E-state index contributed by atoms with van der Waals surface area (Å²) in [5.41, 5.74) is 19.0. The molecule has 9 aromatic carbocycles. The van der Waals surface area contributed by atoms with Crippen LogP contribution >= 0.6 is 0 Å². The van der Waals surface area contributed by atoms with Gasteiger partial charge in [0.25, 0.3) is 0 Å². The molecule has 0 spiro atoms. The van der Waals surface area contributed by atoms with Crippen molar-refractivity contribution in [3.8, 4) is 78.4 Å². The maximum Gasteiger partial charge on any atom is 0.160 e. The predicted octanol–water partition coefficient (Wildman–Crippen LogP) is 14.8. The van der Waals surface area contributed by atoms with Gasteiger partial charge in [0.15, 0.2) is 5.82 Å². The van der Waals surface area contributed by atoms with E-state index in [9.17, 15) is 0 Å². The van der Waals surface area contributed by atoms with Crippen molar-refractivity contribution in [1.29, 1.82) is 0 Å². The van der Waals surface area contributed by atoms with Gasteiger partial charge in [0.1, 0.15) is 0 Å². The molecule has 2 heteroatoms. The molecule has 0 amide bonds. The van der Waals surface area contributed by atoms with Crippen molar-refractivity contribution < 1.29 is 0 Å². The highest BCUT2D eigenvalue weighted by atomic mass is 14.9. The summed E-state index contributed by atoms with van der Waals surface area (Å²) in [7, 11) is 0. The van der Waals surface area contributed by atoms with Gasteiger partial charge in [0, 0.05) is 16.7 Å². The number of hydrogen-bond donors (Lipinski definition) is 0. The zero-order valence-electron chi connectivity index (χ0n) is 33.5. The van der Waals surface area contributed by atoms with Crippen molar-refractivity contribution in [2.45, 2.75) is 5.41 Å². The van der Waals surface area contributed by atoms with Gasteiger partial charge in [-0.05, 0) is 85.0 Å². The van der Waals surface area contributed by atoms with Gasteiger partial charge in [-0.25, -0.2) is 9.97 Å². The highest BCUT2D eigenvalue weighted by Crippen LogP contribution is 2.58. The SMILES string of the molecule is c1ccc(-c2ccc(-c3cc4c(cc3-c3ccc(-c5nc(-c6ccccc6)cc(-c6ccccc6)n5)cc3)C(c3ccccc3)(c3ccccc3)c3ccccc3-4)cc2)cc1. The van der Waals surface area contributed by atoms with Gasteiger partial charge in [-0.3, -0.25) is 0 Å². The van der Waals surface area contributed by atoms with Crippen molar-refractivity contribution in [3.05, 3.63) is 265 Å². The van der Waals surface area contributed by atoms with Gasteiger partial charge in [-0.1, -0.05) is 224 Å². The standard InChI is InChI=1S/C59H40N2/c1-6-18-41(19-7-1)42-30-32-43(33-31-42)51-38-53-50-28-16-17-29-54(50)59(48-24-12-4-13-25-48,49-26-14-5-15-27-49)55(53)39-52(51)44-34-36-47(37-35-44)58-60-56(45-20-8-2-9-21-45)40-57(61-58)46-22-10-3-11-23-46/h1-40H. The molecule has 61 heavy (non-hydrogen) atoms. The summed E-state index contributed by atoms with van der Waals surface area (Å²) in [6.45, 7) is 0. The first-order valence-corrected chi connectivity index (χ1v) is 20.9. The lowest BCUT2D eigenvalue weighted by atomic mass is 9.67. The number of hydrogen-bond acceptors (Lipinski definition) is 2. The molecule has 0 saturated carbocycles. The maximum absolute atomic E-state index is 5.15. The Morgan fingerprint density at radius 2 is 0.639 bits per heavy atom. The first kappa shape index (κ1) is 36.2. The second kappa shape index (κ2) is 15.3. The number of aromatic nitrogens is 2. The summed E-state index contributed by atoms with van der Waals surface area (Å²) in [5.74, 6) is 0.694. The van der Waals surface area contributed by atoms with E-state index in [1.165, 1.54) is 61.2 Å². The second-order valence-corrected chi connectivity index (χ2v) is 15.7. The molecule has 286 valence electrons. The average Bonchev–Trinajstić information content (AvgIpc) is 3.65. The monoisotopic (exact) mass is 776 g/mol. The fourth-order valence-electron chi connectivity index (χ4n) is 9.33. The minimum absolute atomic E-state index is 0.515. The van der Waals surface area contributed by atoms with E-state index in [4.69, 9.17) is 9.97 Å². The minimum atomic E-state index is -0.515. The second-order valence-electron chi connectivity index (χ2n) is 15.7. The Hall–Kier alpha value is -7.94. The summed E-state index contributed by atoms with van der Waals surface area (Å²) in [6, 6.07) is 87.3. The molecule has 0 saturated heterocycles. The average molecular weight is 777 g/mol. The molecular weight excluding hydrogens is 737 g/mol. The van der Waals surface area contributed by atoms with Gasteiger partial charge >= 0.3 is 0 Å². The molecule has 11 rings (SSSR count). The van der Waals surface area contributed by atoms with Crippen LogP contribution in [0.5, 0.6) is 0 Å². The van der Waals surface area contributed by atoms with Crippen molar-refractivity contribution in [1.82, 2.24) is 9.97 Å². The lowest BCUT2D eigenvalue weighted by molar-refractivity contribution is 0.769. The molecule has 2 nitrogen and oxygen atoms in total. The molecule has 10 aromatic rings. The van der Waals surface area contributed by atoms with Crippen LogP contribution in [0, 0.1) is 0 Å². The third kappa shape index (κ3) is 6.37. The molecular formula is C59H40N2. The molecule has 1 aromatic heterocycles. The molecule has 1 aliphatic rings. The summed E-state index contributed by atoms with van der Waals surface area (Å²) in [6.07, 6.45) is 0. The van der Waals surface area contributed by atoms with Crippen LogP contribution in [-0.2, 0) is 5.41 Å². The first-order valence-electron chi connectivity index (χ1n) is 20.9. The Bertz CT molecular complexity index is 3030. The molecule has 1 aliphatic carbocycles. The summed E-state index contributed by atoms with van der Waals surface area (Å²) < 4.78 is 0. The Morgan fingerprint density at radius 1 is 0.246 bits per heavy atom. The van der Waals surface area contributed by atoms with E-state index in [1.54, 1.807) is 0 Å². The number of fused-ring (bicyclic) bond motifs is 3. The van der Waals surface area contributed by atoms with Crippen LogP contribution in [0.1, 0.15) is 22.3 Å². The Kier molecular flexibility index (Phi) is 9.09. The maximum atomic E-state index is 5.15.